The zero-order valence-electron chi connectivity index (χ0n) is 13.2. The summed E-state index contributed by atoms with van der Waals surface area (Å²) >= 11 is 0. The summed E-state index contributed by atoms with van der Waals surface area (Å²) in [4.78, 5) is 2.20. The van der Waals surface area contributed by atoms with Crippen LogP contribution in [-0.2, 0) is 16.4 Å². The summed E-state index contributed by atoms with van der Waals surface area (Å²) in [6.07, 6.45) is 5.19. The van der Waals surface area contributed by atoms with Gasteiger partial charge in [-0.2, -0.15) is 0 Å². The first kappa shape index (κ1) is 16.3. The lowest BCUT2D eigenvalue weighted by molar-refractivity contribution is 0.342. The maximum Gasteiger partial charge on any atom is 0.266 e. The van der Waals surface area contributed by atoms with Crippen molar-refractivity contribution in [2.24, 2.45) is 5.73 Å². The molecular formula is C16H24N4O2S. The van der Waals surface area contributed by atoms with Gasteiger partial charge in [-0.05, 0) is 43.5 Å². The molecule has 1 aliphatic carbocycles. The van der Waals surface area contributed by atoms with E-state index in [0.29, 0.717) is 25.7 Å². The summed E-state index contributed by atoms with van der Waals surface area (Å²) in [6, 6.07) is 7.16. The monoisotopic (exact) mass is 336 g/mol. The number of sulfonamides is 1. The molecule has 0 aromatic heterocycles. The van der Waals surface area contributed by atoms with E-state index in [4.69, 9.17) is 11.1 Å². The molecule has 0 radical (unpaired) electrons. The molecule has 3 N–H and O–H groups in total. The molecule has 1 aliphatic heterocycles. The predicted molar refractivity (Wildman–Crippen MR) is 89.8 cm³/mol. The minimum absolute atomic E-state index is 0.128. The Kier molecular flexibility index (Phi) is 4.59. The van der Waals surface area contributed by atoms with Gasteiger partial charge in [-0.25, -0.2) is 12.7 Å². The fourth-order valence-corrected chi connectivity index (χ4v) is 4.87. The van der Waals surface area contributed by atoms with Crippen molar-refractivity contribution in [1.29, 1.82) is 5.41 Å². The number of guanidine groups is 1. The standard InChI is InChI=1S/C16H24N4O2S/c17-10-9-13-5-7-15(8-6-13)23(21,22)20-12-11-19(16(20)18)14-3-1-2-4-14/h5-8,14,18H,1-4,9-12,17H2. The molecule has 2 fully saturated rings. The second kappa shape index (κ2) is 6.49. The molecule has 0 bridgehead atoms. The van der Waals surface area contributed by atoms with Crippen molar-refractivity contribution < 1.29 is 8.42 Å². The van der Waals surface area contributed by atoms with E-state index in [2.05, 4.69) is 0 Å². The molecule has 3 rings (SSSR count). The number of nitrogens with two attached hydrogens (primary N) is 1. The highest BCUT2D eigenvalue weighted by molar-refractivity contribution is 7.89. The van der Waals surface area contributed by atoms with Gasteiger partial charge in [0.15, 0.2) is 0 Å². The minimum atomic E-state index is -3.65. The largest absolute Gasteiger partial charge is 0.337 e. The maximum atomic E-state index is 12.8. The lowest BCUT2D eigenvalue weighted by Gasteiger charge is -2.26. The van der Waals surface area contributed by atoms with Crippen LogP contribution in [0.4, 0.5) is 0 Å². The van der Waals surface area contributed by atoms with Crippen molar-refractivity contribution in [3.63, 3.8) is 0 Å². The first-order chi connectivity index (χ1) is 11.0. The third-order valence-electron chi connectivity index (χ3n) is 4.76. The molecule has 2 aliphatic rings. The number of hydrogen-bond acceptors (Lipinski definition) is 4. The molecule has 1 heterocycles. The highest BCUT2D eigenvalue weighted by Gasteiger charge is 2.38. The first-order valence-electron chi connectivity index (χ1n) is 8.21. The molecule has 1 aromatic rings. The van der Waals surface area contributed by atoms with Crippen LogP contribution in [0.2, 0.25) is 0 Å². The molecule has 0 amide bonds. The Bertz CT molecular complexity index is 666. The molecular weight excluding hydrogens is 312 g/mol. The van der Waals surface area contributed by atoms with Gasteiger partial charge in [0.1, 0.15) is 0 Å². The van der Waals surface area contributed by atoms with Crippen LogP contribution < -0.4 is 5.73 Å². The molecule has 126 valence electrons. The number of nitrogens with one attached hydrogen (secondary N) is 1. The van der Waals surface area contributed by atoms with Crippen molar-refractivity contribution in [1.82, 2.24) is 9.21 Å². The summed E-state index contributed by atoms with van der Waals surface area (Å²) in [7, 11) is -3.65. The molecule has 0 atom stereocenters. The Morgan fingerprint density at radius 3 is 2.39 bits per heavy atom. The predicted octanol–water partition coefficient (Wildman–Crippen LogP) is 1.37. The van der Waals surface area contributed by atoms with Crippen LogP contribution in [0.1, 0.15) is 31.2 Å². The van der Waals surface area contributed by atoms with Crippen LogP contribution in [-0.4, -0.2) is 49.3 Å². The second-order valence-corrected chi connectivity index (χ2v) is 8.08. The van der Waals surface area contributed by atoms with Crippen molar-refractivity contribution in [2.45, 2.75) is 43.0 Å². The fourth-order valence-electron chi connectivity index (χ4n) is 3.48. The van der Waals surface area contributed by atoms with Crippen LogP contribution >= 0.6 is 0 Å². The second-order valence-electron chi connectivity index (χ2n) is 6.22. The molecule has 1 saturated carbocycles. The molecule has 1 saturated heterocycles. The molecule has 23 heavy (non-hydrogen) atoms. The Labute approximate surface area is 137 Å². The molecule has 6 nitrogen and oxygen atoms in total. The van der Waals surface area contributed by atoms with Crippen molar-refractivity contribution in [2.75, 3.05) is 19.6 Å². The van der Waals surface area contributed by atoms with Crippen LogP contribution in [0.25, 0.3) is 0 Å². The summed E-state index contributed by atoms with van der Waals surface area (Å²) in [5, 5.41) is 8.30. The normalized spacial score (nSPS) is 19.8. The summed E-state index contributed by atoms with van der Waals surface area (Å²) in [5.74, 6) is 0.128. The zero-order valence-corrected chi connectivity index (χ0v) is 14.1. The third kappa shape index (κ3) is 3.07. The van der Waals surface area contributed by atoms with Crippen molar-refractivity contribution >= 4 is 16.0 Å². The van der Waals surface area contributed by atoms with Gasteiger partial charge >= 0.3 is 0 Å². The third-order valence-corrected chi connectivity index (χ3v) is 6.57. The highest BCUT2D eigenvalue weighted by Crippen LogP contribution is 2.28. The Morgan fingerprint density at radius 1 is 1.13 bits per heavy atom. The number of rotatable bonds is 5. The van der Waals surface area contributed by atoms with Gasteiger partial charge in [0.2, 0.25) is 5.96 Å². The van der Waals surface area contributed by atoms with Crippen LogP contribution in [0.3, 0.4) is 0 Å². The molecule has 0 unspecified atom stereocenters. The fraction of sp³-hybridized carbons (Fsp3) is 0.562. The van der Waals surface area contributed by atoms with Gasteiger partial charge in [-0.3, -0.25) is 5.41 Å². The minimum Gasteiger partial charge on any atom is -0.337 e. The van der Waals surface area contributed by atoms with Crippen molar-refractivity contribution in [3.05, 3.63) is 29.8 Å². The Balaban J connectivity index is 1.78. The van der Waals surface area contributed by atoms with Crippen LogP contribution in [0, 0.1) is 5.41 Å². The quantitative estimate of drug-likeness (QED) is 0.850. The van der Waals surface area contributed by atoms with E-state index in [1.807, 2.05) is 4.90 Å². The van der Waals surface area contributed by atoms with Gasteiger partial charge in [0.25, 0.3) is 10.0 Å². The molecule has 7 heteroatoms. The first-order valence-corrected chi connectivity index (χ1v) is 9.65. The van der Waals surface area contributed by atoms with Gasteiger partial charge in [0, 0.05) is 12.6 Å². The smallest absolute Gasteiger partial charge is 0.266 e. The average molecular weight is 336 g/mol. The Morgan fingerprint density at radius 2 is 1.78 bits per heavy atom. The summed E-state index contributed by atoms with van der Waals surface area (Å²) in [6.45, 7) is 1.52. The van der Waals surface area contributed by atoms with Gasteiger partial charge in [-0.1, -0.05) is 25.0 Å². The topological polar surface area (TPSA) is 90.5 Å². The number of nitrogens with zero attached hydrogens (tertiary/aromatic N) is 2. The van der Waals surface area contributed by atoms with Gasteiger partial charge in [-0.15, -0.1) is 0 Å². The average Bonchev–Trinajstić information content (AvgIpc) is 3.17. The van der Waals surface area contributed by atoms with E-state index in [9.17, 15) is 8.42 Å². The van der Waals surface area contributed by atoms with Crippen LogP contribution in [0.15, 0.2) is 29.2 Å². The van der Waals surface area contributed by atoms with Gasteiger partial charge < -0.3 is 10.6 Å². The maximum absolute atomic E-state index is 12.8. The van der Waals surface area contributed by atoms with E-state index in [1.165, 1.54) is 17.1 Å². The summed E-state index contributed by atoms with van der Waals surface area (Å²) < 4.78 is 26.9. The van der Waals surface area contributed by atoms with E-state index >= 15 is 0 Å². The lowest BCUT2D eigenvalue weighted by atomic mass is 10.2. The van der Waals surface area contributed by atoms with E-state index in [1.54, 1.807) is 24.3 Å². The van der Waals surface area contributed by atoms with E-state index in [-0.39, 0.29) is 10.9 Å². The number of benzene rings is 1. The van der Waals surface area contributed by atoms with E-state index in [0.717, 1.165) is 24.8 Å². The molecule has 0 spiro atoms. The van der Waals surface area contributed by atoms with Gasteiger partial charge in [0.05, 0.1) is 11.4 Å². The molecule has 1 aromatic carbocycles. The highest BCUT2D eigenvalue weighted by atomic mass is 32.2. The van der Waals surface area contributed by atoms with E-state index < -0.39 is 10.0 Å². The SMILES string of the molecule is N=C1N(C2CCCC2)CCN1S(=O)(=O)c1ccc(CCN)cc1. The number of hydrogen-bond donors (Lipinski definition) is 2. The Hall–Kier alpha value is -1.60. The zero-order chi connectivity index (χ0) is 16.4. The van der Waals surface area contributed by atoms with Crippen molar-refractivity contribution in [3.8, 4) is 0 Å². The lowest BCUT2D eigenvalue weighted by Crippen LogP contribution is -2.40. The van der Waals surface area contributed by atoms with Crippen LogP contribution in [0.5, 0.6) is 0 Å². The summed E-state index contributed by atoms with van der Waals surface area (Å²) in [5.41, 5.74) is 6.54.